The Labute approximate surface area is 202 Å². The lowest BCUT2D eigenvalue weighted by Gasteiger charge is -2.35. The Hall–Kier alpha value is -3.29. The van der Waals surface area contributed by atoms with Crippen LogP contribution in [0, 0.1) is 12.7 Å². The smallest absolute Gasteiger partial charge is 0.254 e. The molecule has 34 heavy (non-hydrogen) atoms. The Morgan fingerprint density at radius 1 is 1.09 bits per heavy atom. The molecule has 4 aromatic rings. The first kappa shape index (κ1) is 22.5. The second-order valence-corrected chi connectivity index (χ2v) is 9.05. The first-order valence-electron chi connectivity index (χ1n) is 11.3. The largest absolute Gasteiger partial charge is 0.336 e. The number of piperazine rings is 1. The fourth-order valence-corrected chi connectivity index (χ4v) is 4.75. The van der Waals surface area contributed by atoms with Crippen LogP contribution in [0.1, 0.15) is 21.6 Å². The number of hydrogen-bond acceptors (Lipinski definition) is 4. The summed E-state index contributed by atoms with van der Waals surface area (Å²) in [5, 5.41) is 5.69. The van der Waals surface area contributed by atoms with Crippen molar-refractivity contribution in [2.24, 2.45) is 7.05 Å². The maximum absolute atomic E-state index is 14.2. The molecule has 1 amide bonds. The monoisotopic (exact) mass is 477 g/mol. The third-order valence-corrected chi connectivity index (χ3v) is 6.69. The van der Waals surface area contributed by atoms with E-state index in [0.29, 0.717) is 48.9 Å². The number of aryl methyl sites for hydroxylation is 2. The molecule has 0 bridgehead atoms. The van der Waals surface area contributed by atoms with Gasteiger partial charge in [-0.3, -0.25) is 14.4 Å². The normalized spacial score (nSPS) is 14.6. The second-order valence-electron chi connectivity index (χ2n) is 8.64. The number of benzene rings is 2. The molecular weight excluding hydrogens is 453 g/mol. The Morgan fingerprint density at radius 2 is 1.85 bits per heavy atom. The second kappa shape index (κ2) is 9.16. The van der Waals surface area contributed by atoms with Crippen LogP contribution in [-0.4, -0.2) is 56.7 Å². The van der Waals surface area contributed by atoms with Gasteiger partial charge in [0.15, 0.2) is 0 Å². The summed E-state index contributed by atoms with van der Waals surface area (Å²) in [5.74, 6) is -0.322. The van der Waals surface area contributed by atoms with Crippen molar-refractivity contribution in [3.05, 3.63) is 82.4 Å². The highest BCUT2D eigenvalue weighted by atomic mass is 35.5. The van der Waals surface area contributed by atoms with E-state index in [9.17, 15) is 9.18 Å². The summed E-state index contributed by atoms with van der Waals surface area (Å²) >= 11 is 6.20. The molecule has 6 nitrogen and oxygen atoms in total. The van der Waals surface area contributed by atoms with E-state index >= 15 is 0 Å². The van der Waals surface area contributed by atoms with Crippen molar-refractivity contribution in [3.8, 4) is 11.3 Å². The average Bonchev–Trinajstić information content (AvgIpc) is 3.18. The molecule has 0 atom stereocenters. The van der Waals surface area contributed by atoms with Gasteiger partial charge in [-0.25, -0.2) is 9.37 Å². The summed E-state index contributed by atoms with van der Waals surface area (Å²) in [6.07, 6.45) is 1.92. The average molecular weight is 478 g/mol. The maximum Gasteiger partial charge on any atom is 0.254 e. The van der Waals surface area contributed by atoms with Gasteiger partial charge in [0, 0.05) is 67.5 Å². The molecule has 0 radical (unpaired) electrons. The quantitative estimate of drug-likeness (QED) is 0.428. The third kappa shape index (κ3) is 4.29. The van der Waals surface area contributed by atoms with E-state index < -0.39 is 0 Å². The van der Waals surface area contributed by atoms with Crippen molar-refractivity contribution in [1.82, 2.24) is 24.6 Å². The van der Waals surface area contributed by atoms with Crippen LogP contribution in [0.4, 0.5) is 4.39 Å². The molecule has 0 aliphatic carbocycles. The predicted molar refractivity (Wildman–Crippen MR) is 131 cm³/mol. The van der Waals surface area contributed by atoms with Crippen LogP contribution in [0.5, 0.6) is 0 Å². The molecule has 2 aromatic carbocycles. The number of fused-ring (bicyclic) bond motifs is 1. The van der Waals surface area contributed by atoms with Gasteiger partial charge in [0.1, 0.15) is 5.82 Å². The van der Waals surface area contributed by atoms with Crippen LogP contribution in [0.15, 0.2) is 54.7 Å². The summed E-state index contributed by atoms with van der Waals surface area (Å²) in [4.78, 5) is 22.4. The molecule has 3 heterocycles. The number of rotatable bonds is 4. The Bertz CT molecular complexity index is 1360. The molecule has 2 aromatic heterocycles. The van der Waals surface area contributed by atoms with Crippen LogP contribution in [0.3, 0.4) is 0 Å². The van der Waals surface area contributed by atoms with Crippen molar-refractivity contribution in [3.63, 3.8) is 0 Å². The highest BCUT2D eigenvalue weighted by molar-refractivity contribution is 6.31. The molecule has 0 unspecified atom stereocenters. The zero-order valence-electron chi connectivity index (χ0n) is 19.1. The lowest BCUT2D eigenvalue weighted by Crippen LogP contribution is -2.48. The molecule has 1 aliphatic heterocycles. The minimum atomic E-state index is -0.299. The number of carbonyl (C=O) groups excluding carboxylic acids is 1. The molecular formula is C26H25ClFN5O. The van der Waals surface area contributed by atoms with Crippen molar-refractivity contribution in [1.29, 1.82) is 0 Å². The van der Waals surface area contributed by atoms with Crippen LogP contribution in [-0.2, 0) is 13.6 Å². The number of amides is 1. The summed E-state index contributed by atoms with van der Waals surface area (Å²) in [6, 6.07) is 14.3. The van der Waals surface area contributed by atoms with Crippen LogP contribution in [0.25, 0.3) is 22.2 Å². The number of aromatic nitrogens is 3. The van der Waals surface area contributed by atoms with Gasteiger partial charge in [-0.1, -0.05) is 35.9 Å². The van der Waals surface area contributed by atoms with Crippen molar-refractivity contribution >= 4 is 28.4 Å². The lowest BCUT2D eigenvalue weighted by molar-refractivity contribution is 0.0629. The highest BCUT2D eigenvalue weighted by Crippen LogP contribution is 2.28. The zero-order chi connectivity index (χ0) is 23.8. The number of para-hydroxylation sites is 1. The van der Waals surface area contributed by atoms with Crippen molar-refractivity contribution in [2.75, 3.05) is 26.2 Å². The summed E-state index contributed by atoms with van der Waals surface area (Å²) in [5.41, 5.74) is 4.42. The number of pyridine rings is 1. The Kier molecular flexibility index (Phi) is 6.06. The third-order valence-electron chi connectivity index (χ3n) is 6.34. The SMILES string of the molecule is Cc1nn(C)cc1-c1cc(C(=O)N2CCN(Cc3c(F)cccc3Cl)CC2)c2ccccc2n1. The van der Waals surface area contributed by atoms with Gasteiger partial charge in [-0.15, -0.1) is 0 Å². The topological polar surface area (TPSA) is 54.3 Å². The van der Waals surface area contributed by atoms with Crippen molar-refractivity contribution < 1.29 is 9.18 Å². The van der Waals surface area contributed by atoms with E-state index in [1.54, 1.807) is 16.8 Å². The number of hydrogen-bond donors (Lipinski definition) is 0. The summed E-state index contributed by atoms with van der Waals surface area (Å²) in [6.45, 7) is 4.78. The standard InChI is InChI=1S/C26H25ClFN5O/c1-17-20(15-31(2)30-17)25-14-19(18-6-3-4-9-24(18)29-25)26(34)33-12-10-32(11-13-33)16-21-22(27)7-5-8-23(21)28/h3-9,14-15H,10-13,16H2,1-2H3. The van der Waals surface area contributed by atoms with E-state index in [1.165, 1.54) is 6.07 Å². The molecule has 1 fully saturated rings. The van der Waals surface area contributed by atoms with Gasteiger partial charge in [-0.2, -0.15) is 5.10 Å². The molecule has 1 aliphatic rings. The molecule has 0 saturated carbocycles. The van der Waals surface area contributed by atoms with Gasteiger partial charge in [0.2, 0.25) is 0 Å². The fourth-order valence-electron chi connectivity index (χ4n) is 4.53. The summed E-state index contributed by atoms with van der Waals surface area (Å²) in [7, 11) is 1.87. The van der Waals surface area contributed by atoms with Gasteiger partial charge in [-0.05, 0) is 31.2 Å². The van der Waals surface area contributed by atoms with Gasteiger partial charge in [0.05, 0.1) is 22.5 Å². The molecule has 0 N–H and O–H groups in total. The molecule has 5 rings (SSSR count). The molecule has 174 valence electrons. The van der Waals surface area contributed by atoms with E-state index in [4.69, 9.17) is 16.6 Å². The fraction of sp³-hybridized carbons (Fsp3) is 0.269. The van der Waals surface area contributed by atoms with E-state index in [-0.39, 0.29) is 11.7 Å². The van der Waals surface area contributed by atoms with Crippen LogP contribution < -0.4 is 0 Å². The predicted octanol–water partition coefficient (Wildman–Crippen LogP) is 4.69. The first-order valence-corrected chi connectivity index (χ1v) is 11.6. The number of carbonyl (C=O) groups is 1. The zero-order valence-corrected chi connectivity index (χ0v) is 19.9. The molecule has 1 saturated heterocycles. The molecule has 8 heteroatoms. The molecule has 0 spiro atoms. The van der Waals surface area contributed by atoms with E-state index in [1.807, 2.05) is 55.4 Å². The first-order chi connectivity index (χ1) is 16.4. The van der Waals surface area contributed by atoms with Gasteiger partial charge in [0.25, 0.3) is 5.91 Å². The van der Waals surface area contributed by atoms with E-state index in [2.05, 4.69) is 10.00 Å². The highest BCUT2D eigenvalue weighted by Gasteiger charge is 2.25. The number of nitrogens with zero attached hydrogens (tertiary/aromatic N) is 5. The van der Waals surface area contributed by atoms with E-state index in [0.717, 1.165) is 27.9 Å². The van der Waals surface area contributed by atoms with Gasteiger partial charge >= 0.3 is 0 Å². The van der Waals surface area contributed by atoms with Crippen LogP contribution in [0.2, 0.25) is 5.02 Å². The Morgan fingerprint density at radius 3 is 2.56 bits per heavy atom. The minimum absolute atomic E-state index is 0.0232. The van der Waals surface area contributed by atoms with Gasteiger partial charge < -0.3 is 4.90 Å². The van der Waals surface area contributed by atoms with Crippen LogP contribution >= 0.6 is 11.6 Å². The minimum Gasteiger partial charge on any atom is -0.336 e. The number of halogens is 2. The summed E-state index contributed by atoms with van der Waals surface area (Å²) < 4.78 is 16.0. The van der Waals surface area contributed by atoms with Crippen molar-refractivity contribution in [2.45, 2.75) is 13.5 Å². The Balaban J connectivity index is 1.39. The maximum atomic E-state index is 14.2. The lowest BCUT2D eigenvalue weighted by atomic mass is 10.0.